The number of aryl methyl sites for hydroxylation is 1. The van der Waals surface area contributed by atoms with E-state index in [2.05, 4.69) is 43.3 Å². The number of anilines is 1. The molecule has 6 heteroatoms. The molecule has 1 heterocycles. The van der Waals surface area contributed by atoms with Gasteiger partial charge in [-0.3, -0.25) is 14.3 Å². The van der Waals surface area contributed by atoms with Crippen LogP contribution >= 0.6 is 0 Å². The van der Waals surface area contributed by atoms with Crippen molar-refractivity contribution in [3.05, 3.63) is 47.3 Å². The van der Waals surface area contributed by atoms with Gasteiger partial charge in [-0.15, -0.1) is 0 Å². The third-order valence-electron chi connectivity index (χ3n) is 5.83. The van der Waals surface area contributed by atoms with Crippen LogP contribution in [0.15, 0.2) is 30.3 Å². The number of carboxylic acid groups (broad SMARTS) is 1. The maximum absolute atomic E-state index is 12.7. The molecule has 1 aromatic heterocycles. The minimum atomic E-state index is -0.698. The molecular formula is C23H31N3O3. The first-order valence-corrected chi connectivity index (χ1v) is 10.3. The summed E-state index contributed by atoms with van der Waals surface area (Å²) in [5.74, 6) is -0.0931. The van der Waals surface area contributed by atoms with Gasteiger partial charge in [-0.2, -0.15) is 5.10 Å². The lowest BCUT2D eigenvalue weighted by molar-refractivity contribution is -0.138. The Morgan fingerprint density at radius 2 is 1.76 bits per heavy atom. The highest BCUT2D eigenvalue weighted by Crippen LogP contribution is 2.37. The zero-order valence-electron chi connectivity index (χ0n) is 17.7. The van der Waals surface area contributed by atoms with Crippen LogP contribution in [0.25, 0.3) is 0 Å². The quantitative estimate of drug-likeness (QED) is 0.765. The van der Waals surface area contributed by atoms with E-state index in [9.17, 15) is 9.59 Å². The van der Waals surface area contributed by atoms with E-state index < -0.39 is 5.97 Å². The number of carbonyl (C=O) groups excluding carboxylic acids is 1. The molecule has 1 aromatic carbocycles. The Bertz CT molecular complexity index is 870. The van der Waals surface area contributed by atoms with E-state index in [1.807, 2.05) is 18.2 Å². The minimum absolute atomic E-state index is 0.110. The molecule has 3 rings (SSSR count). The summed E-state index contributed by atoms with van der Waals surface area (Å²) in [6, 6.07) is 9.87. The summed E-state index contributed by atoms with van der Waals surface area (Å²) in [5.41, 5.74) is 3.33. The number of hydrogen-bond donors (Lipinski definition) is 2. The molecule has 2 N–H and O–H groups in total. The summed E-state index contributed by atoms with van der Waals surface area (Å²) in [7, 11) is 1.79. The van der Waals surface area contributed by atoms with Crippen molar-refractivity contribution in [3.8, 4) is 0 Å². The highest BCUT2D eigenvalue weighted by atomic mass is 16.4. The molecule has 1 saturated carbocycles. The summed E-state index contributed by atoms with van der Waals surface area (Å²) in [5, 5.41) is 16.4. The van der Waals surface area contributed by atoms with Crippen LogP contribution in [-0.4, -0.2) is 26.8 Å². The van der Waals surface area contributed by atoms with Crippen molar-refractivity contribution in [2.45, 2.75) is 64.2 Å². The van der Waals surface area contributed by atoms with Crippen LogP contribution in [0.5, 0.6) is 0 Å². The lowest BCUT2D eigenvalue weighted by atomic mass is 9.77. The van der Waals surface area contributed by atoms with E-state index in [0.29, 0.717) is 17.5 Å². The van der Waals surface area contributed by atoms with Gasteiger partial charge in [0.25, 0.3) is 5.91 Å². The van der Waals surface area contributed by atoms with Crippen molar-refractivity contribution in [2.75, 3.05) is 5.32 Å². The van der Waals surface area contributed by atoms with Gasteiger partial charge in [-0.1, -0.05) is 32.9 Å². The van der Waals surface area contributed by atoms with E-state index in [-0.39, 0.29) is 17.7 Å². The highest BCUT2D eigenvalue weighted by molar-refractivity contribution is 6.03. The molecule has 0 unspecified atom stereocenters. The Morgan fingerprint density at radius 1 is 1.14 bits per heavy atom. The van der Waals surface area contributed by atoms with Crippen LogP contribution in [0, 0.1) is 5.92 Å². The van der Waals surface area contributed by atoms with Gasteiger partial charge in [0.05, 0.1) is 5.69 Å². The average Bonchev–Trinajstić information content (AvgIpc) is 3.05. The lowest BCUT2D eigenvalue weighted by Gasteiger charge is -2.28. The first-order valence-electron chi connectivity index (χ1n) is 10.3. The second-order valence-corrected chi connectivity index (χ2v) is 9.18. The fourth-order valence-corrected chi connectivity index (χ4v) is 4.03. The predicted molar refractivity (Wildman–Crippen MR) is 113 cm³/mol. The topological polar surface area (TPSA) is 84.2 Å². The number of nitrogens with one attached hydrogen (secondary N) is 1. The van der Waals surface area contributed by atoms with E-state index in [1.165, 1.54) is 5.56 Å². The highest BCUT2D eigenvalue weighted by Gasteiger charge is 2.24. The third-order valence-corrected chi connectivity index (χ3v) is 5.83. The molecule has 0 aliphatic heterocycles. The van der Waals surface area contributed by atoms with Gasteiger partial charge >= 0.3 is 5.97 Å². The Kier molecular flexibility index (Phi) is 6.10. The van der Waals surface area contributed by atoms with Gasteiger partial charge in [-0.25, -0.2) is 0 Å². The molecule has 6 nitrogen and oxygen atoms in total. The fourth-order valence-electron chi connectivity index (χ4n) is 4.03. The normalized spacial score (nSPS) is 19.7. The standard InChI is InChI=1S/C23H31N3O3/c1-23(2,3)20-14-19(26(4)25-20)22(29)24-18-11-9-17(10-12-18)16-7-5-15(6-8-16)13-21(27)28/h9-12,14-16H,5-8,13H2,1-4H3,(H,24,29)(H,27,28). The van der Waals surface area contributed by atoms with Crippen LogP contribution in [0.2, 0.25) is 0 Å². The maximum atomic E-state index is 12.7. The monoisotopic (exact) mass is 397 g/mol. The Balaban J connectivity index is 1.61. The number of hydrogen-bond acceptors (Lipinski definition) is 3. The summed E-state index contributed by atoms with van der Waals surface area (Å²) < 4.78 is 1.62. The first kappa shape index (κ1) is 21.1. The molecule has 1 aliphatic rings. The summed E-state index contributed by atoms with van der Waals surface area (Å²) in [6.07, 6.45) is 4.25. The van der Waals surface area contributed by atoms with Crippen molar-refractivity contribution in [3.63, 3.8) is 0 Å². The Morgan fingerprint density at radius 3 is 2.28 bits per heavy atom. The number of rotatable bonds is 5. The van der Waals surface area contributed by atoms with Crippen LogP contribution < -0.4 is 5.32 Å². The third kappa shape index (κ3) is 5.25. The van der Waals surface area contributed by atoms with Gasteiger partial charge in [-0.05, 0) is 61.3 Å². The lowest BCUT2D eigenvalue weighted by Crippen LogP contribution is -2.17. The zero-order valence-corrected chi connectivity index (χ0v) is 17.7. The number of benzene rings is 1. The van der Waals surface area contributed by atoms with Gasteiger partial charge in [0.15, 0.2) is 0 Å². The molecule has 0 bridgehead atoms. The van der Waals surface area contributed by atoms with Gasteiger partial charge in [0.2, 0.25) is 0 Å². The number of nitrogens with zero attached hydrogens (tertiary/aromatic N) is 2. The summed E-state index contributed by atoms with van der Waals surface area (Å²) >= 11 is 0. The van der Waals surface area contributed by atoms with Gasteiger partial charge < -0.3 is 10.4 Å². The van der Waals surface area contributed by atoms with Crippen LogP contribution in [0.1, 0.15) is 80.5 Å². The largest absolute Gasteiger partial charge is 0.481 e. The number of carboxylic acids is 1. The molecule has 1 aliphatic carbocycles. The van der Waals surface area contributed by atoms with Crippen molar-refractivity contribution < 1.29 is 14.7 Å². The zero-order chi connectivity index (χ0) is 21.2. The van der Waals surface area contributed by atoms with Crippen molar-refractivity contribution in [2.24, 2.45) is 13.0 Å². The Hall–Kier alpha value is -2.63. The summed E-state index contributed by atoms with van der Waals surface area (Å²) in [6.45, 7) is 6.22. The van der Waals surface area contributed by atoms with Crippen molar-refractivity contribution in [1.29, 1.82) is 0 Å². The number of aromatic nitrogens is 2. The van der Waals surface area contributed by atoms with E-state index in [1.54, 1.807) is 11.7 Å². The molecule has 0 spiro atoms. The predicted octanol–water partition coefficient (Wildman–Crippen LogP) is 4.72. The molecule has 1 fully saturated rings. The summed E-state index contributed by atoms with van der Waals surface area (Å²) in [4.78, 5) is 23.5. The van der Waals surface area contributed by atoms with Crippen LogP contribution in [-0.2, 0) is 17.3 Å². The van der Waals surface area contributed by atoms with Gasteiger partial charge in [0.1, 0.15) is 5.69 Å². The molecule has 0 saturated heterocycles. The second kappa shape index (κ2) is 8.39. The Labute approximate surface area is 172 Å². The molecule has 1 amide bonds. The van der Waals surface area contributed by atoms with Crippen LogP contribution in [0.4, 0.5) is 5.69 Å². The molecule has 0 radical (unpaired) electrons. The van der Waals surface area contributed by atoms with Crippen LogP contribution in [0.3, 0.4) is 0 Å². The molecule has 29 heavy (non-hydrogen) atoms. The number of amides is 1. The number of aliphatic carboxylic acids is 1. The molecular weight excluding hydrogens is 366 g/mol. The smallest absolute Gasteiger partial charge is 0.303 e. The second-order valence-electron chi connectivity index (χ2n) is 9.18. The van der Waals surface area contributed by atoms with Crippen molar-refractivity contribution in [1.82, 2.24) is 9.78 Å². The minimum Gasteiger partial charge on any atom is -0.481 e. The molecule has 2 aromatic rings. The molecule has 0 atom stereocenters. The fraction of sp³-hybridized carbons (Fsp3) is 0.522. The van der Waals surface area contributed by atoms with E-state index in [4.69, 9.17) is 5.11 Å². The average molecular weight is 398 g/mol. The molecule has 156 valence electrons. The maximum Gasteiger partial charge on any atom is 0.303 e. The SMILES string of the molecule is Cn1nc(C(C)(C)C)cc1C(=O)Nc1ccc(C2CCC(CC(=O)O)CC2)cc1. The number of carbonyl (C=O) groups is 2. The van der Waals surface area contributed by atoms with Crippen molar-refractivity contribution >= 4 is 17.6 Å². The first-order chi connectivity index (χ1) is 13.6. The van der Waals surface area contributed by atoms with Gasteiger partial charge in [0, 0.05) is 24.6 Å². The van der Waals surface area contributed by atoms with E-state index in [0.717, 1.165) is 37.1 Å². The van der Waals surface area contributed by atoms with E-state index >= 15 is 0 Å².